The number of hydrogen-bond donors (Lipinski definition) is 0. The highest BCUT2D eigenvalue weighted by Gasteiger charge is 2.11. The Labute approximate surface area is 58.5 Å². The van der Waals surface area contributed by atoms with Gasteiger partial charge in [-0.15, -0.1) is 0 Å². The van der Waals surface area contributed by atoms with Gasteiger partial charge in [0, 0.05) is 6.42 Å². The maximum atomic E-state index is 10.5. The molecule has 0 saturated heterocycles. The van der Waals surface area contributed by atoms with Crippen molar-refractivity contribution in [1.82, 2.24) is 0 Å². The van der Waals surface area contributed by atoms with E-state index in [9.17, 15) is 4.79 Å². The van der Waals surface area contributed by atoms with Crippen molar-refractivity contribution in [1.29, 1.82) is 0 Å². The molecule has 0 aromatic rings. The zero-order chi connectivity index (χ0) is 6.78. The van der Waals surface area contributed by atoms with Crippen molar-refractivity contribution in [3.05, 3.63) is 0 Å². The average Bonchev–Trinajstić information content (AvgIpc) is 1.21. The van der Waals surface area contributed by atoms with E-state index in [0.717, 1.165) is 0 Å². The van der Waals surface area contributed by atoms with Crippen molar-refractivity contribution in [3.63, 3.8) is 0 Å². The predicted molar refractivity (Wildman–Crippen MR) is 41.5 cm³/mol. The number of rotatable bonds is 1. The monoisotopic (exact) mass is 130 g/mol. The lowest BCUT2D eigenvalue weighted by Crippen LogP contribution is -2.09. The molecule has 0 heterocycles. The first-order chi connectivity index (χ1) is 3.42. The molecular formula is C8H18O. The minimum absolute atomic E-state index is 0. The number of Topliss-reactive ketones (excluding diaryl/α,β-unsaturated/α-hetero) is 1. The summed E-state index contributed by atoms with van der Waals surface area (Å²) in [6.45, 7) is 7.82. The highest BCUT2D eigenvalue weighted by atomic mass is 16.1. The summed E-state index contributed by atoms with van der Waals surface area (Å²) in [7, 11) is 0. The van der Waals surface area contributed by atoms with Gasteiger partial charge in [0.2, 0.25) is 0 Å². The van der Waals surface area contributed by atoms with Gasteiger partial charge in [-0.25, -0.2) is 0 Å². The lowest BCUT2D eigenvalue weighted by Gasteiger charge is -2.14. The second-order valence-corrected chi connectivity index (χ2v) is 3.44. The molecule has 0 aliphatic carbocycles. The van der Waals surface area contributed by atoms with Crippen LogP contribution >= 0.6 is 0 Å². The van der Waals surface area contributed by atoms with Crippen molar-refractivity contribution < 1.29 is 4.79 Å². The van der Waals surface area contributed by atoms with Crippen LogP contribution in [-0.4, -0.2) is 5.78 Å². The molecule has 0 aromatic carbocycles. The largest absolute Gasteiger partial charge is 0.300 e. The Morgan fingerprint density at radius 2 is 1.67 bits per heavy atom. The topological polar surface area (TPSA) is 17.1 Å². The average molecular weight is 130 g/mol. The zero-order valence-corrected chi connectivity index (χ0v) is 6.12. The summed E-state index contributed by atoms with van der Waals surface area (Å²) in [5.41, 5.74) is 0.172. The van der Waals surface area contributed by atoms with Crippen molar-refractivity contribution in [2.24, 2.45) is 5.41 Å². The Hall–Kier alpha value is -0.330. The van der Waals surface area contributed by atoms with E-state index < -0.39 is 0 Å². The molecule has 0 radical (unpaired) electrons. The summed E-state index contributed by atoms with van der Waals surface area (Å²) in [5, 5.41) is 0. The quantitative estimate of drug-likeness (QED) is 0.533. The minimum atomic E-state index is 0. The van der Waals surface area contributed by atoms with Gasteiger partial charge < -0.3 is 4.79 Å². The number of ketones is 1. The summed E-state index contributed by atoms with van der Waals surface area (Å²) in [5.74, 6) is 0.275. The van der Waals surface area contributed by atoms with Crippen LogP contribution in [0, 0.1) is 5.41 Å². The summed E-state index contributed by atoms with van der Waals surface area (Å²) < 4.78 is 0. The van der Waals surface area contributed by atoms with E-state index in [1.807, 2.05) is 0 Å². The van der Waals surface area contributed by atoms with Crippen molar-refractivity contribution in [2.45, 2.75) is 41.5 Å². The van der Waals surface area contributed by atoms with Crippen LogP contribution < -0.4 is 0 Å². The molecule has 0 saturated carbocycles. The van der Waals surface area contributed by atoms with Crippen LogP contribution in [0.5, 0.6) is 0 Å². The third-order valence-corrected chi connectivity index (χ3v) is 0.779. The van der Waals surface area contributed by atoms with E-state index >= 15 is 0 Å². The van der Waals surface area contributed by atoms with Gasteiger partial charge in [0.25, 0.3) is 0 Å². The standard InChI is InChI=1S/C7H14O.CH4/c1-6(8)5-7(2,3)4;/h5H2,1-4H3;1H4. The van der Waals surface area contributed by atoms with Gasteiger partial charge in [0.05, 0.1) is 0 Å². The second-order valence-electron chi connectivity index (χ2n) is 3.44. The van der Waals surface area contributed by atoms with E-state index in [4.69, 9.17) is 0 Å². The molecule has 1 nitrogen and oxygen atoms in total. The van der Waals surface area contributed by atoms with Crippen LogP contribution in [-0.2, 0) is 4.79 Å². The predicted octanol–water partition coefficient (Wildman–Crippen LogP) is 2.65. The third kappa shape index (κ3) is 11.3. The summed E-state index contributed by atoms with van der Waals surface area (Å²) in [6.07, 6.45) is 0.687. The van der Waals surface area contributed by atoms with Crippen molar-refractivity contribution in [2.75, 3.05) is 0 Å². The third-order valence-electron chi connectivity index (χ3n) is 0.779. The van der Waals surface area contributed by atoms with Gasteiger partial charge in [0.15, 0.2) is 0 Å². The Bertz CT molecular complexity index is 87.2. The van der Waals surface area contributed by atoms with Crippen LogP contribution in [0.1, 0.15) is 41.5 Å². The fourth-order valence-electron chi connectivity index (χ4n) is 0.747. The first-order valence-electron chi connectivity index (χ1n) is 2.91. The fourth-order valence-corrected chi connectivity index (χ4v) is 0.747. The molecule has 0 aliphatic rings. The van der Waals surface area contributed by atoms with E-state index in [1.54, 1.807) is 6.92 Å². The first kappa shape index (κ1) is 11.5. The Kier molecular flexibility index (Phi) is 4.65. The highest BCUT2D eigenvalue weighted by Crippen LogP contribution is 2.17. The first-order valence-corrected chi connectivity index (χ1v) is 2.91. The molecule has 0 bridgehead atoms. The molecule has 0 atom stereocenters. The molecule has 1 heteroatoms. The molecule has 0 aliphatic heterocycles. The molecule has 0 unspecified atom stereocenters. The lowest BCUT2D eigenvalue weighted by molar-refractivity contribution is -0.118. The molecule has 0 aromatic heterocycles. The Balaban J connectivity index is 0. The van der Waals surface area contributed by atoms with Crippen LogP contribution in [0.3, 0.4) is 0 Å². The summed E-state index contributed by atoms with van der Waals surface area (Å²) in [4.78, 5) is 10.5. The van der Waals surface area contributed by atoms with Crippen molar-refractivity contribution in [3.8, 4) is 0 Å². The van der Waals surface area contributed by atoms with Crippen molar-refractivity contribution >= 4 is 5.78 Å². The number of carbonyl (C=O) groups excluding carboxylic acids is 1. The molecule has 0 N–H and O–H groups in total. The molecule has 9 heavy (non-hydrogen) atoms. The smallest absolute Gasteiger partial charge is 0.130 e. The molecule has 56 valence electrons. The fraction of sp³-hybridized carbons (Fsp3) is 0.875. The van der Waals surface area contributed by atoms with Gasteiger partial charge in [-0.3, -0.25) is 0 Å². The normalized spacial score (nSPS) is 10.2. The molecule has 0 rings (SSSR count). The lowest BCUT2D eigenvalue weighted by atomic mass is 9.91. The van der Waals surface area contributed by atoms with Gasteiger partial charge in [-0.05, 0) is 12.3 Å². The van der Waals surface area contributed by atoms with Gasteiger partial charge >= 0.3 is 0 Å². The number of carbonyl (C=O) groups is 1. The van der Waals surface area contributed by atoms with Gasteiger partial charge in [-0.2, -0.15) is 0 Å². The Morgan fingerprint density at radius 1 is 1.33 bits per heavy atom. The minimum Gasteiger partial charge on any atom is -0.300 e. The van der Waals surface area contributed by atoms with E-state index in [0.29, 0.717) is 6.42 Å². The van der Waals surface area contributed by atoms with Crippen LogP contribution in [0.15, 0.2) is 0 Å². The summed E-state index contributed by atoms with van der Waals surface area (Å²) >= 11 is 0. The molecule has 0 fully saturated rings. The SMILES string of the molecule is C.CC(=O)CC(C)(C)C. The van der Waals surface area contributed by atoms with E-state index in [1.165, 1.54) is 0 Å². The molecular weight excluding hydrogens is 112 g/mol. The maximum Gasteiger partial charge on any atom is 0.130 e. The van der Waals surface area contributed by atoms with Gasteiger partial charge in [0.1, 0.15) is 5.78 Å². The maximum absolute atomic E-state index is 10.5. The van der Waals surface area contributed by atoms with E-state index in [-0.39, 0.29) is 18.6 Å². The highest BCUT2D eigenvalue weighted by molar-refractivity contribution is 5.76. The molecule has 0 amide bonds. The van der Waals surface area contributed by atoms with Crippen LogP contribution in [0.25, 0.3) is 0 Å². The zero-order valence-electron chi connectivity index (χ0n) is 6.12. The van der Waals surface area contributed by atoms with E-state index in [2.05, 4.69) is 20.8 Å². The Morgan fingerprint density at radius 3 is 1.67 bits per heavy atom. The molecule has 0 spiro atoms. The summed E-state index contributed by atoms with van der Waals surface area (Å²) in [6, 6.07) is 0. The van der Waals surface area contributed by atoms with Gasteiger partial charge in [-0.1, -0.05) is 28.2 Å². The van der Waals surface area contributed by atoms with Crippen LogP contribution in [0.4, 0.5) is 0 Å². The second kappa shape index (κ2) is 3.65. The van der Waals surface area contributed by atoms with Crippen LogP contribution in [0.2, 0.25) is 0 Å². The number of hydrogen-bond acceptors (Lipinski definition) is 1.